The molecule has 4 nitrogen and oxygen atoms in total. The summed E-state index contributed by atoms with van der Waals surface area (Å²) in [6, 6.07) is 4.99. The normalized spacial score (nSPS) is 25.0. The number of nitriles is 1. The molecule has 0 N–H and O–H groups in total. The number of anilines is 1. The third kappa shape index (κ3) is 2.63. The molecule has 0 spiro atoms. The molecule has 1 aliphatic heterocycles. The number of hydrogen-bond acceptors (Lipinski definition) is 4. The first kappa shape index (κ1) is 14.3. The molecule has 4 heteroatoms. The lowest BCUT2D eigenvalue weighted by Crippen LogP contribution is -2.34. The van der Waals surface area contributed by atoms with Crippen molar-refractivity contribution in [1.29, 1.82) is 5.26 Å². The third-order valence-corrected chi connectivity index (χ3v) is 4.94. The number of likely N-dealkylation sites (N-methyl/N-ethyl adjacent to an activating group) is 1. The summed E-state index contributed by atoms with van der Waals surface area (Å²) in [5.41, 5.74) is 3.26. The van der Waals surface area contributed by atoms with Crippen LogP contribution in [0.2, 0.25) is 0 Å². The second kappa shape index (κ2) is 5.65. The summed E-state index contributed by atoms with van der Waals surface area (Å²) in [4.78, 5) is 9.47. The minimum Gasteiger partial charge on any atom is -0.354 e. The van der Waals surface area contributed by atoms with Gasteiger partial charge in [-0.15, -0.1) is 0 Å². The fraction of sp³-hybridized carbons (Fsp3) is 0.647. The first-order valence-corrected chi connectivity index (χ1v) is 7.94. The van der Waals surface area contributed by atoms with E-state index in [1.165, 1.54) is 24.1 Å². The van der Waals surface area contributed by atoms with Crippen molar-refractivity contribution in [2.75, 3.05) is 32.1 Å². The largest absolute Gasteiger partial charge is 0.354 e. The lowest BCUT2D eigenvalue weighted by molar-refractivity contribution is 0.266. The second-order valence-corrected chi connectivity index (χ2v) is 6.70. The fourth-order valence-electron chi connectivity index (χ4n) is 3.74. The van der Waals surface area contributed by atoms with Gasteiger partial charge in [-0.2, -0.15) is 5.26 Å². The van der Waals surface area contributed by atoms with Crippen LogP contribution in [-0.2, 0) is 12.8 Å². The Morgan fingerprint density at radius 3 is 2.71 bits per heavy atom. The fourth-order valence-corrected chi connectivity index (χ4v) is 3.74. The van der Waals surface area contributed by atoms with Crippen LogP contribution in [0.1, 0.15) is 36.6 Å². The van der Waals surface area contributed by atoms with Gasteiger partial charge >= 0.3 is 0 Å². The van der Waals surface area contributed by atoms with E-state index >= 15 is 0 Å². The van der Waals surface area contributed by atoms with Crippen molar-refractivity contribution < 1.29 is 0 Å². The van der Waals surface area contributed by atoms with Crippen LogP contribution in [0, 0.1) is 17.2 Å². The van der Waals surface area contributed by atoms with Crippen LogP contribution < -0.4 is 4.90 Å². The molecule has 3 rings (SSSR count). The van der Waals surface area contributed by atoms with Gasteiger partial charge in [0.15, 0.2) is 0 Å². The van der Waals surface area contributed by atoms with Gasteiger partial charge in [-0.25, -0.2) is 4.98 Å². The van der Waals surface area contributed by atoms with E-state index in [-0.39, 0.29) is 0 Å². The summed E-state index contributed by atoms with van der Waals surface area (Å²) in [6.45, 7) is 4.24. The molecule has 1 fully saturated rings. The maximum atomic E-state index is 9.49. The van der Waals surface area contributed by atoms with Gasteiger partial charge in [0.25, 0.3) is 0 Å². The lowest BCUT2D eigenvalue weighted by atomic mass is 9.95. The van der Waals surface area contributed by atoms with E-state index < -0.39 is 0 Å². The van der Waals surface area contributed by atoms with Crippen LogP contribution in [0.5, 0.6) is 0 Å². The predicted molar refractivity (Wildman–Crippen MR) is 84.4 cm³/mol. The number of nitrogens with zero attached hydrogens (tertiary/aromatic N) is 4. The second-order valence-electron chi connectivity index (χ2n) is 6.70. The topological polar surface area (TPSA) is 43.2 Å². The molecule has 0 amide bonds. The quantitative estimate of drug-likeness (QED) is 0.835. The maximum Gasteiger partial charge on any atom is 0.146 e. The van der Waals surface area contributed by atoms with Gasteiger partial charge in [0, 0.05) is 24.8 Å². The molecule has 2 heterocycles. The van der Waals surface area contributed by atoms with E-state index in [1.807, 2.05) is 0 Å². The van der Waals surface area contributed by atoms with Gasteiger partial charge in [-0.3, -0.25) is 0 Å². The summed E-state index contributed by atoms with van der Waals surface area (Å²) in [5.74, 6) is 1.51. The average molecular weight is 284 g/mol. The molecule has 0 saturated carbocycles. The smallest absolute Gasteiger partial charge is 0.146 e. The van der Waals surface area contributed by atoms with E-state index in [1.54, 1.807) is 0 Å². The van der Waals surface area contributed by atoms with E-state index in [2.05, 4.69) is 43.0 Å². The van der Waals surface area contributed by atoms with Crippen LogP contribution >= 0.6 is 0 Å². The Morgan fingerprint density at radius 1 is 1.29 bits per heavy atom. The molecule has 0 aromatic carbocycles. The molecule has 21 heavy (non-hydrogen) atoms. The molecule has 112 valence electrons. The Hall–Kier alpha value is -1.60. The summed E-state index contributed by atoms with van der Waals surface area (Å²) in [7, 11) is 4.27. The molecular weight excluding hydrogens is 260 g/mol. The molecule has 0 bridgehead atoms. The zero-order chi connectivity index (χ0) is 15.0. The van der Waals surface area contributed by atoms with Gasteiger partial charge in [0.05, 0.1) is 5.56 Å². The molecule has 2 atom stereocenters. The van der Waals surface area contributed by atoms with Gasteiger partial charge < -0.3 is 9.80 Å². The Bertz CT molecular complexity index is 573. The molecule has 1 aliphatic carbocycles. The maximum absolute atomic E-state index is 9.49. The zero-order valence-electron chi connectivity index (χ0n) is 13.3. The molecular formula is C17H24N4. The van der Waals surface area contributed by atoms with E-state index in [9.17, 15) is 5.26 Å². The van der Waals surface area contributed by atoms with Crippen molar-refractivity contribution in [3.63, 3.8) is 0 Å². The van der Waals surface area contributed by atoms with E-state index in [4.69, 9.17) is 4.98 Å². The van der Waals surface area contributed by atoms with Crippen molar-refractivity contribution in [3.8, 4) is 6.07 Å². The van der Waals surface area contributed by atoms with Crippen LogP contribution in [0.25, 0.3) is 0 Å². The van der Waals surface area contributed by atoms with Crippen molar-refractivity contribution >= 4 is 5.82 Å². The van der Waals surface area contributed by atoms with Crippen molar-refractivity contribution in [3.05, 3.63) is 22.9 Å². The standard InChI is InChI=1S/C17H24N4/c1-12-10-21(11-16(12)20(2)3)17-14(9-18)8-13-6-4-5-7-15(13)19-17/h8,12,16H,4-7,10-11H2,1-3H3. The number of aromatic nitrogens is 1. The minimum absolute atomic E-state index is 0.536. The van der Waals surface area contributed by atoms with Gasteiger partial charge in [0.1, 0.15) is 11.9 Å². The van der Waals surface area contributed by atoms with Crippen molar-refractivity contribution in [1.82, 2.24) is 9.88 Å². The first-order chi connectivity index (χ1) is 10.1. The van der Waals surface area contributed by atoms with Crippen molar-refractivity contribution in [2.45, 2.75) is 38.6 Å². The zero-order valence-corrected chi connectivity index (χ0v) is 13.3. The van der Waals surface area contributed by atoms with Crippen LogP contribution in [0.3, 0.4) is 0 Å². The summed E-state index contributed by atoms with van der Waals surface area (Å²) in [6.07, 6.45) is 4.59. The molecule has 2 aliphatic rings. The van der Waals surface area contributed by atoms with Gasteiger partial charge in [0.2, 0.25) is 0 Å². The van der Waals surface area contributed by atoms with E-state index in [0.717, 1.165) is 37.3 Å². The lowest BCUT2D eigenvalue weighted by Gasteiger charge is -2.24. The third-order valence-electron chi connectivity index (χ3n) is 4.94. The van der Waals surface area contributed by atoms with Gasteiger partial charge in [-0.1, -0.05) is 6.92 Å². The molecule has 1 aromatic rings. The molecule has 2 unspecified atom stereocenters. The highest BCUT2D eigenvalue weighted by Gasteiger charge is 2.33. The molecule has 0 radical (unpaired) electrons. The first-order valence-electron chi connectivity index (χ1n) is 7.94. The van der Waals surface area contributed by atoms with Crippen molar-refractivity contribution in [2.24, 2.45) is 5.92 Å². The highest BCUT2D eigenvalue weighted by Crippen LogP contribution is 2.30. The monoisotopic (exact) mass is 284 g/mol. The number of hydrogen-bond donors (Lipinski definition) is 0. The summed E-state index contributed by atoms with van der Waals surface area (Å²) in [5, 5.41) is 9.49. The van der Waals surface area contributed by atoms with Crippen LogP contribution in [0.4, 0.5) is 5.82 Å². The van der Waals surface area contributed by atoms with E-state index in [0.29, 0.717) is 12.0 Å². The van der Waals surface area contributed by atoms with Gasteiger partial charge in [-0.05, 0) is 57.3 Å². The Labute approximate surface area is 127 Å². The summed E-state index contributed by atoms with van der Waals surface area (Å²) < 4.78 is 0. The SMILES string of the molecule is CC1CN(c2nc3c(cc2C#N)CCCC3)CC1N(C)C. The number of pyridine rings is 1. The molecule has 1 saturated heterocycles. The number of aryl methyl sites for hydroxylation is 2. The highest BCUT2D eigenvalue weighted by molar-refractivity contribution is 5.57. The highest BCUT2D eigenvalue weighted by atomic mass is 15.3. The predicted octanol–water partition coefficient (Wildman–Crippen LogP) is 2.22. The Balaban J connectivity index is 1.93. The number of rotatable bonds is 2. The Morgan fingerprint density at radius 2 is 2.05 bits per heavy atom. The van der Waals surface area contributed by atoms with Crippen LogP contribution in [-0.4, -0.2) is 43.1 Å². The number of fused-ring (bicyclic) bond motifs is 1. The Kier molecular flexibility index (Phi) is 3.86. The summed E-state index contributed by atoms with van der Waals surface area (Å²) >= 11 is 0. The van der Waals surface area contributed by atoms with Crippen LogP contribution in [0.15, 0.2) is 6.07 Å². The average Bonchev–Trinajstić information content (AvgIpc) is 2.88. The molecule has 1 aromatic heterocycles. The minimum atomic E-state index is 0.536.